The second kappa shape index (κ2) is 7.13. The van der Waals surface area contributed by atoms with E-state index in [1.165, 1.54) is 0 Å². The van der Waals surface area contributed by atoms with Crippen LogP contribution in [0.15, 0.2) is 18.2 Å². The van der Waals surface area contributed by atoms with Crippen molar-refractivity contribution in [3.05, 3.63) is 23.8 Å². The Morgan fingerprint density at radius 2 is 2.15 bits per heavy atom. The molecule has 0 radical (unpaired) electrons. The number of hydrogen-bond donors (Lipinski definition) is 0. The van der Waals surface area contributed by atoms with Gasteiger partial charge in [-0.1, -0.05) is 18.1 Å². The van der Waals surface area contributed by atoms with Crippen LogP contribution in [0.3, 0.4) is 0 Å². The highest BCUT2D eigenvalue weighted by Gasteiger charge is 2.16. The second-order valence-corrected chi connectivity index (χ2v) is 4.65. The number of rotatable bonds is 4. The summed E-state index contributed by atoms with van der Waals surface area (Å²) in [6.45, 7) is 3.26. The molecule has 0 bridgehead atoms. The van der Waals surface area contributed by atoms with Crippen LogP contribution in [0, 0.1) is 12.3 Å². The number of thiocarbonyl (C=S) groups is 1. The molecule has 0 atom stereocenters. The van der Waals surface area contributed by atoms with E-state index in [4.69, 9.17) is 32.9 Å². The summed E-state index contributed by atoms with van der Waals surface area (Å²) in [6, 6.07) is 5.63. The number of terminal acetylenes is 1. The zero-order valence-electron chi connectivity index (χ0n) is 11.4. The van der Waals surface area contributed by atoms with Gasteiger partial charge in [-0.15, -0.1) is 6.42 Å². The van der Waals surface area contributed by atoms with Crippen molar-refractivity contribution in [2.24, 2.45) is 0 Å². The number of morpholine rings is 1. The highest BCUT2D eigenvalue weighted by atomic mass is 32.1. The Hall–Kier alpha value is -1.77. The fraction of sp³-hybridized carbons (Fsp3) is 0.400. The van der Waals surface area contributed by atoms with Gasteiger partial charge in [0.2, 0.25) is 0 Å². The molecule has 0 saturated carbocycles. The molecule has 1 aromatic rings. The van der Waals surface area contributed by atoms with E-state index in [0.29, 0.717) is 24.7 Å². The summed E-state index contributed by atoms with van der Waals surface area (Å²) in [5.41, 5.74) is 0.937. The quantitative estimate of drug-likeness (QED) is 0.623. The molecule has 1 aliphatic rings. The van der Waals surface area contributed by atoms with Crippen molar-refractivity contribution >= 4 is 17.2 Å². The van der Waals surface area contributed by atoms with E-state index in [9.17, 15) is 0 Å². The summed E-state index contributed by atoms with van der Waals surface area (Å²) >= 11 is 5.52. The second-order valence-electron chi connectivity index (χ2n) is 4.26. The van der Waals surface area contributed by atoms with Crippen molar-refractivity contribution in [2.75, 3.05) is 40.0 Å². The van der Waals surface area contributed by atoms with Gasteiger partial charge in [0.25, 0.3) is 0 Å². The van der Waals surface area contributed by atoms with Crippen LogP contribution >= 0.6 is 12.2 Å². The third kappa shape index (κ3) is 3.41. The van der Waals surface area contributed by atoms with Crippen LogP contribution in [0.4, 0.5) is 0 Å². The fourth-order valence-electron chi connectivity index (χ4n) is 1.99. The molecule has 106 valence electrons. The molecule has 0 spiro atoms. The van der Waals surface area contributed by atoms with Crippen LogP contribution in [0.5, 0.6) is 11.5 Å². The van der Waals surface area contributed by atoms with E-state index >= 15 is 0 Å². The molecule has 1 heterocycles. The fourth-order valence-corrected chi connectivity index (χ4v) is 2.30. The molecule has 4 nitrogen and oxygen atoms in total. The Labute approximate surface area is 124 Å². The Bertz CT molecular complexity index is 518. The van der Waals surface area contributed by atoms with Crippen molar-refractivity contribution in [3.63, 3.8) is 0 Å². The minimum absolute atomic E-state index is 0.212. The standard InChI is InChI=1S/C15H17NO3S/c1-3-8-19-13-5-4-12(11-14(13)17-2)15(20)16-6-9-18-10-7-16/h1,4-5,11H,6-10H2,2H3. The van der Waals surface area contributed by atoms with Crippen molar-refractivity contribution in [3.8, 4) is 23.8 Å². The van der Waals surface area contributed by atoms with Gasteiger partial charge >= 0.3 is 0 Å². The van der Waals surface area contributed by atoms with Gasteiger partial charge in [0.1, 0.15) is 11.6 Å². The highest BCUT2D eigenvalue weighted by molar-refractivity contribution is 7.80. The van der Waals surface area contributed by atoms with E-state index in [1.807, 2.05) is 18.2 Å². The van der Waals surface area contributed by atoms with E-state index in [2.05, 4.69) is 10.8 Å². The van der Waals surface area contributed by atoms with E-state index < -0.39 is 0 Å². The lowest BCUT2D eigenvalue weighted by Gasteiger charge is -2.29. The molecule has 5 heteroatoms. The number of nitrogens with zero attached hydrogens (tertiary/aromatic N) is 1. The first-order valence-electron chi connectivity index (χ1n) is 6.37. The van der Waals surface area contributed by atoms with Crippen LogP contribution in [0.2, 0.25) is 0 Å². The monoisotopic (exact) mass is 291 g/mol. The van der Waals surface area contributed by atoms with Gasteiger partial charge in [0.05, 0.1) is 20.3 Å². The van der Waals surface area contributed by atoms with E-state index in [-0.39, 0.29) is 6.61 Å². The zero-order valence-corrected chi connectivity index (χ0v) is 12.2. The third-order valence-electron chi connectivity index (χ3n) is 3.02. The van der Waals surface area contributed by atoms with Gasteiger partial charge in [-0.25, -0.2) is 0 Å². The Balaban J connectivity index is 2.15. The molecule has 0 unspecified atom stereocenters. The number of hydrogen-bond acceptors (Lipinski definition) is 4. The summed E-state index contributed by atoms with van der Waals surface area (Å²) in [5, 5.41) is 0. The maximum absolute atomic E-state index is 5.52. The lowest BCUT2D eigenvalue weighted by molar-refractivity contribution is 0.0693. The predicted octanol–water partition coefficient (Wildman–Crippen LogP) is 1.71. The third-order valence-corrected chi connectivity index (χ3v) is 3.51. The van der Waals surface area contributed by atoms with Gasteiger partial charge in [-0.2, -0.15) is 0 Å². The number of ether oxygens (including phenoxy) is 3. The van der Waals surface area contributed by atoms with E-state index in [0.717, 1.165) is 23.6 Å². The van der Waals surface area contributed by atoms with Crippen LogP contribution in [-0.2, 0) is 4.74 Å². The lowest BCUT2D eigenvalue weighted by Crippen LogP contribution is -2.40. The van der Waals surface area contributed by atoms with Gasteiger partial charge in [-0.05, 0) is 18.2 Å². The minimum Gasteiger partial charge on any atom is -0.493 e. The summed E-state index contributed by atoms with van der Waals surface area (Å²) < 4.78 is 16.1. The van der Waals surface area contributed by atoms with Crippen molar-refractivity contribution in [2.45, 2.75) is 0 Å². The van der Waals surface area contributed by atoms with Gasteiger partial charge in [0.15, 0.2) is 11.5 Å². The normalized spacial score (nSPS) is 14.5. The SMILES string of the molecule is C#CCOc1ccc(C(=S)N2CCOCC2)cc1OC. The molecule has 0 aliphatic carbocycles. The molecule has 0 N–H and O–H groups in total. The molecule has 2 rings (SSSR count). The molecule has 1 saturated heterocycles. The van der Waals surface area contributed by atoms with Gasteiger partial charge in [-0.3, -0.25) is 0 Å². The number of benzene rings is 1. The molecule has 0 amide bonds. The molecule has 0 aromatic heterocycles. The Morgan fingerprint density at radius 1 is 1.40 bits per heavy atom. The lowest BCUT2D eigenvalue weighted by atomic mass is 10.1. The van der Waals surface area contributed by atoms with Crippen LogP contribution < -0.4 is 9.47 Å². The molecular formula is C15H17NO3S. The zero-order chi connectivity index (χ0) is 14.4. The predicted molar refractivity (Wildman–Crippen MR) is 81.4 cm³/mol. The first kappa shape index (κ1) is 14.6. The summed E-state index contributed by atoms with van der Waals surface area (Å²) in [7, 11) is 1.60. The first-order valence-corrected chi connectivity index (χ1v) is 6.78. The number of methoxy groups -OCH3 is 1. The molecule has 1 fully saturated rings. The molecule has 1 aromatic carbocycles. The topological polar surface area (TPSA) is 30.9 Å². The van der Waals surface area contributed by atoms with Crippen molar-refractivity contribution in [1.82, 2.24) is 4.90 Å². The summed E-state index contributed by atoms with van der Waals surface area (Å²) in [5.74, 6) is 3.69. The Morgan fingerprint density at radius 3 is 2.80 bits per heavy atom. The largest absolute Gasteiger partial charge is 0.493 e. The summed E-state index contributed by atoms with van der Waals surface area (Å²) in [4.78, 5) is 2.94. The Kier molecular flexibility index (Phi) is 5.22. The molecular weight excluding hydrogens is 274 g/mol. The van der Waals surface area contributed by atoms with Crippen molar-refractivity contribution < 1.29 is 14.2 Å². The first-order chi connectivity index (χ1) is 9.76. The van der Waals surface area contributed by atoms with E-state index in [1.54, 1.807) is 7.11 Å². The van der Waals surface area contributed by atoms with Crippen LogP contribution in [0.25, 0.3) is 0 Å². The smallest absolute Gasteiger partial charge is 0.162 e. The summed E-state index contributed by atoms with van der Waals surface area (Å²) in [6.07, 6.45) is 5.19. The molecule has 1 aliphatic heterocycles. The van der Waals surface area contributed by atoms with Gasteiger partial charge < -0.3 is 19.1 Å². The van der Waals surface area contributed by atoms with Crippen LogP contribution in [-0.4, -0.2) is 49.9 Å². The minimum atomic E-state index is 0.212. The maximum atomic E-state index is 5.52. The van der Waals surface area contributed by atoms with Gasteiger partial charge in [0, 0.05) is 18.7 Å². The molecule has 20 heavy (non-hydrogen) atoms. The highest BCUT2D eigenvalue weighted by Crippen LogP contribution is 2.28. The average Bonchev–Trinajstić information content (AvgIpc) is 2.52. The van der Waals surface area contributed by atoms with Crippen molar-refractivity contribution in [1.29, 1.82) is 0 Å². The van der Waals surface area contributed by atoms with Crippen LogP contribution in [0.1, 0.15) is 5.56 Å². The average molecular weight is 291 g/mol. The maximum Gasteiger partial charge on any atom is 0.162 e.